The smallest absolute Gasteiger partial charge is 0.250 e. The highest BCUT2D eigenvalue weighted by Gasteiger charge is 2.27. The van der Waals surface area contributed by atoms with Gasteiger partial charge in [0.15, 0.2) is 17.3 Å². The minimum atomic E-state index is -0.841. The van der Waals surface area contributed by atoms with Crippen LogP contribution in [0.3, 0.4) is 0 Å². The van der Waals surface area contributed by atoms with Crippen molar-refractivity contribution in [2.45, 2.75) is 32.6 Å². The molecular weight excluding hydrogens is 626 g/mol. The molecule has 1 aromatic heterocycles. The van der Waals surface area contributed by atoms with E-state index < -0.39 is 38.4 Å². The molecule has 1 saturated carbocycles. The predicted molar refractivity (Wildman–Crippen MR) is 163 cm³/mol. The minimum absolute atomic E-state index is 0.00936. The summed E-state index contributed by atoms with van der Waals surface area (Å²) in [6.07, 6.45) is 4.55. The number of hydrogen-bond donors (Lipinski definition) is 1. The summed E-state index contributed by atoms with van der Waals surface area (Å²) in [5.74, 6) is -1.15. The molecule has 1 fully saturated rings. The molecule has 1 N–H and O–H groups in total. The van der Waals surface area contributed by atoms with E-state index in [9.17, 15) is 18.8 Å². The van der Waals surface area contributed by atoms with E-state index in [-0.39, 0.29) is 33.3 Å². The van der Waals surface area contributed by atoms with Crippen LogP contribution in [-0.4, -0.2) is 38.1 Å². The number of halogens is 2. The number of nitrogens with zero attached hydrogens (tertiary/aromatic N) is 3. The fraction of sp³-hybridized carbons (Fsp3) is 0.300. The highest BCUT2D eigenvalue weighted by molar-refractivity contribution is 14.2. The summed E-state index contributed by atoms with van der Waals surface area (Å²) < 4.78 is 20.9. The number of para-hydroxylation sites is 1. The lowest BCUT2D eigenvalue weighted by Gasteiger charge is -2.34. The van der Waals surface area contributed by atoms with Gasteiger partial charge in [0.25, 0.3) is 0 Å². The van der Waals surface area contributed by atoms with Gasteiger partial charge in [-0.15, -0.1) is 27.8 Å². The Bertz CT molecular complexity index is 1410. The van der Waals surface area contributed by atoms with E-state index in [0.29, 0.717) is 22.8 Å². The van der Waals surface area contributed by atoms with Crippen molar-refractivity contribution in [2.75, 3.05) is 22.3 Å². The first kappa shape index (κ1) is 29.5. The van der Waals surface area contributed by atoms with Crippen LogP contribution in [0.4, 0.5) is 15.9 Å². The van der Waals surface area contributed by atoms with Crippen molar-refractivity contribution in [1.29, 1.82) is 0 Å². The van der Waals surface area contributed by atoms with Gasteiger partial charge in [-0.3, -0.25) is 14.4 Å². The van der Waals surface area contributed by atoms with Gasteiger partial charge in [0.1, 0.15) is 15.1 Å². The summed E-state index contributed by atoms with van der Waals surface area (Å²) in [7, 11) is 1.51. The summed E-state index contributed by atoms with van der Waals surface area (Å²) >= 11 is -0.841. The first-order chi connectivity index (χ1) is 19.3. The monoisotopic (exact) mass is 657 g/mol. The fourth-order valence-corrected chi connectivity index (χ4v) is 6.00. The van der Waals surface area contributed by atoms with Crippen LogP contribution in [0, 0.1) is 17.7 Å². The molecule has 0 bridgehead atoms. The maximum absolute atomic E-state index is 15.0. The number of Topliss-reactive ketones (excluding diaryl/α,β-unsaturated/α-hetero) is 1. The number of alkyl halides is 1. The van der Waals surface area contributed by atoms with E-state index in [0.717, 1.165) is 19.3 Å². The maximum Gasteiger partial charge on any atom is 0.250 e. The van der Waals surface area contributed by atoms with Crippen molar-refractivity contribution in [3.63, 3.8) is 0 Å². The van der Waals surface area contributed by atoms with Gasteiger partial charge in [-0.25, -0.2) is 9.37 Å². The van der Waals surface area contributed by atoms with Crippen molar-refractivity contribution in [3.8, 4) is 11.5 Å². The lowest BCUT2D eigenvalue weighted by atomic mass is 9.85. The molecule has 2 amide bonds. The molecule has 40 heavy (non-hydrogen) atoms. The number of pyridine rings is 1. The summed E-state index contributed by atoms with van der Waals surface area (Å²) in [4.78, 5) is 44.7. The van der Waals surface area contributed by atoms with Crippen molar-refractivity contribution in [1.82, 2.24) is 4.98 Å². The standard InChI is InChI=1S/C30H31FIN4O4/c1-19(28(37)27(32-2)30(39)36(33-3)22-10-5-4-6-11-22)16-20-12-13-25(24(31)17-20)40-23-14-15-34-26(18-23)35-29(38)21-8-7-9-21/h4-6,10-15,17-19,21H,7-9,16H2,1-3H3,(H,34,35,38)/q-1/t19-/m0/s1. The summed E-state index contributed by atoms with van der Waals surface area (Å²) in [6.45, 7) is 1.74. The van der Waals surface area contributed by atoms with Gasteiger partial charge in [0.05, 0.1) is 0 Å². The van der Waals surface area contributed by atoms with Gasteiger partial charge < -0.3 is 20.5 Å². The number of carbonyl (C=O) groups excluding carboxylic acids is 3. The zero-order valence-electron chi connectivity index (χ0n) is 22.6. The molecule has 1 aliphatic rings. The van der Waals surface area contributed by atoms with Crippen LogP contribution in [0.25, 0.3) is 5.43 Å². The van der Waals surface area contributed by atoms with Gasteiger partial charge in [-0.2, -0.15) is 0 Å². The number of benzene rings is 2. The first-order valence-electron chi connectivity index (χ1n) is 12.9. The summed E-state index contributed by atoms with van der Waals surface area (Å²) in [5, 5.41) is 4.03. The quantitative estimate of drug-likeness (QED) is 0.114. The second kappa shape index (κ2) is 13.7. The highest BCUT2D eigenvalue weighted by Crippen LogP contribution is 2.30. The molecule has 0 aliphatic heterocycles. The van der Waals surface area contributed by atoms with Gasteiger partial charge >= 0.3 is 0 Å². The molecule has 210 valence electrons. The first-order valence-corrected chi connectivity index (χ1v) is 16.2. The number of ether oxygens (including phenoxy) is 1. The number of amides is 2. The summed E-state index contributed by atoms with van der Waals surface area (Å²) in [5.41, 5.74) is 5.28. The largest absolute Gasteiger partial charge is 0.563 e. The molecule has 8 nitrogen and oxygen atoms in total. The average Bonchev–Trinajstić information content (AvgIpc) is 2.91. The van der Waals surface area contributed by atoms with E-state index in [1.807, 2.05) is 11.0 Å². The minimum Gasteiger partial charge on any atom is -0.563 e. The Kier molecular flexibility index (Phi) is 10.1. The molecule has 10 heteroatoms. The number of ketones is 1. The Labute approximate surface area is 243 Å². The fourth-order valence-electron chi connectivity index (χ4n) is 4.25. The van der Waals surface area contributed by atoms with Crippen LogP contribution in [0.1, 0.15) is 31.7 Å². The SMILES string of the molecule is C[N-]N(C(=O)C(=IC)C(=O)[C@@H](C)Cc1ccc(Oc2ccnc(NC(=O)C3CCC3)c2)c(F)c1)c1ccccc1. The lowest BCUT2D eigenvalue weighted by Crippen LogP contribution is -2.38. The normalized spacial score (nSPS) is 14.3. The van der Waals surface area contributed by atoms with Gasteiger partial charge in [-0.05, 0) is 60.1 Å². The average molecular weight is 658 g/mol. The number of carbonyl (C=O) groups is 3. The Morgan fingerprint density at radius 2 is 1.90 bits per heavy atom. The third-order valence-corrected chi connectivity index (χ3v) is 8.73. The molecule has 1 atom stereocenters. The Morgan fingerprint density at radius 1 is 1.15 bits per heavy atom. The third-order valence-electron chi connectivity index (χ3n) is 6.66. The number of nitrogens with one attached hydrogen (secondary N) is 1. The zero-order valence-corrected chi connectivity index (χ0v) is 24.7. The Hall–Kier alpha value is -3.51. The highest BCUT2D eigenvalue weighted by atomic mass is 127. The zero-order chi connectivity index (χ0) is 28.6. The molecule has 0 unspecified atom stereocenters. The van der Waals surface area contributed by atoms with Crippen LogP contribution in [-0.2, 0) is 20.8 Å². The van der Waals surface area contributed by atoms with Crippen molar-refractivity contribution in [2.24, 2.45) is 11.8 Å². The number of anilines is 2. The lowest BCUT2D eigenvalue weighted by molar-refractivity contribution is -0.122. The van der Waals surface area contributed by atoms with Crippen LogP contribution in [0.5, 0.6) is 11.5 Å². The molecule has 2 aromatic carbocycles. The van der Waals surface area contributed by atoms with Gasteiger partial charge in [0.2, 0.25) is 11.8 Å². The van der Waals surface area contributed by atoms with Gasteiger partial charge in [-0.1, -0.05) is 37.6 Å². The van der Waals surface area contributed by atoms with Crippen LogP contribution < -0.4 is 15.1 Å². The van der Waals surface area contributed by atoms with Crippen LogP contribution >= 0.6 is 20.7 Å². The molecule has 1 heterocycles. The number of hydrogen-bond acceptors (Lipinski definition) is 5. The molecule has 4 rings (SSSR count). The van der Waals surface area contributed by atoms with E-state index in [4.69, 9.17) is 4.74 Å². The molecule has 0 spiro atoms. The van der Waals surface area contributed by atoms with Crippen molar-refractivity contribution < 1.29 is 23.5 Å². The van der Waals surface area contributed by atoms with E-state index in [1.165, 1.54) is 30.4 Å². The Morgan fingerprint density at radius 3 is 2.52 bits per heavy atom. The summed E-state index contributed by atoms with van der Waals surface area (Å²) in [6, 6.07) is 16.6. The maximum atomic E-state index is 15.0. The van der Waals surface area contributed by atoms with E-state index in [2.05, 4.69) is 15.7 Å². The number of rotatable bonds is 11. The number of aromatic nitrogens is 1. The Balaban J connectivity index is 1.40. The molecule has 0 saturated heterocycles. The van der Waals surface area contributed by atoms with Crippen LogP contribution in [0.15, 0.2) is 66.9 Å². The molecule has 3 aromatic rings. The predicted octanol–water partition coefficient (Wildman–Crippen LogP) is 6.22. The third kappa shape index (κ3) is 7.16. The van der Waals surface area contributed by atoms with E-state index >= 15 is 0 Å². The van der Waals surface area contributed by atoms with Crippen LogP contribution in [0.2, 0.25) is 0 Å². The molecule has 1 aliphatic carbocycles. The molecular formula is C30H31FIN4O4-. The molecule has 0 radical (unpaired) electrons. The second-order valence-electron chi connectivity index (χ2n) is 9.49. The topological polar surface area (TPSA) is 103 Å². The van der Waals surface area contributed by atoms with Crippen molar-refractivity contribution in [3.05, 3.63) is 83.7 Å². The van der Waals surface area contributed by atoms with Crippen molar-refractivity contribution >= 4 is 53.3 Å². The van der Waals surface area contributed by atoms with Gasteiger partial charge in [0, 0.05) is 29.8 Å². The second-order valence-corrected chi connectivity index (χ2v) is 11.6. The van der Waals surface area contributed by atoms with E-state index in [1.54, 1.807) is 49.4 Å².